The number of hydrogen-bond donors (Lipinski definition) is 1. The lowest BCUT2D eigenvalue weighted by Gasteiger charge is -2.23. The van der Waals surface area contributed by atoms with E-state index in [1.54, 1.807) is 24.2 Å². The van der Waals surface area contributed by atoms with Crippen LogP contribution in [0, 0.1) is 5.92 Å². The molecule has 7 heteroatoms. The normalized spacial score (nSPS) is 27.1. The molecule has 1 saturated heterocycles. The van der Waals surface area contributed by atoms with Gasteiger partial charge in [0.1, 0.15) is 5.25 Å². The lowest BCUT2D eigenvalue weighted by atomic mass is 10.0. The third-order valence-electron chi connectivity index (χ3n) is 4.05. The van der Waals surface area contributed by atoms with E-state index in [4.69, 9.17) is 16.4 Å². The molecule has 0 spiro atoms. The van der Waals surface area contributed by atoms with Crippen LogP contribution < -0.4 is 4.72 Å². The molecule has 1 aliphatic heterocycles. The van der Waals surface area contributed by atoms with Gasteiger partial charge in [0.2, 0.25) is 10.0 Å². The molecule has 1 heterocycles. The Balaban J connectivity index is 1.82. The minimum Gasteiger partial charge on any atom is -0.297 e. The van der Waals surface area contributed by atoms with E-state index in [-0.39, 0.29) is 12.6 Å². The van der Waals surface area contributed by atoms with Gasteiger partial charge >= 0.3 is 0 Å². The fraction of sp³-hybridized carbons (Fsp3) is 0.571. The standard InChI is InChI=1S/C14H19ClN2O3S/c1-17-14(11-3-2-4-12(15)7-11)13(9-20-17)21(18,19)16-8-10-5-6-10/h2-4,7,10,13-14,16H,5-6,8-9H2,1H3. The average molecular weight is 331 g/mol. The largest absolute Gasteiger partial charge is 0.297 e. The van der Waals surface area contributed by atoms with E-state index in [0.717, 1.165) is 18.4 Å². The summed E-state index contributed by atoms with van der Waals surface area (Å²) in [6.45, 7) is 0.693. The van der Waals surface area contributed by atoms with Crippen LogP contribution in [0.15, 0.2) is 24.3 Å². The van der Waals surface area contributed by atoms with E-state index in [1.807, 2.05) is 12.1 Å². The van der Waals surface area contributed by atoms with Crippen molar-refractivity contribution in [3.8, 4) is 0 Å². The van der Waals surface area contributed by atoms with E-state index in [2.05, 4.69) is 4.72 Å². The first-order valence-electron chi connectivity index (χ1n) is 7.07. The van der Waals surface area contributed by atoms with Crippen LogP contribution in [0.2, 0.25) is 5.02 Å². The Kier molecular flexibility index (Phi) is 4.25. The summed E-state index contributed by atoms with van der Waals surface area (Å²) in [6.07, 6.45) is 2.22. The summed E-state index contributed by atoms with van der Waals surface area (Å²) >= 11 is 6.02. The van der Waals surface area contributed by atoms with Crippen LogP contribution in [0.5, 0.6) is 0 Å². The Morgan fingerprint density at radius 3 is 2.86 bits per heavy atom. The Bertz CT molecular complexity index is 618. The third kappa shape index (κ3) is 3.40. The average Bonchev–Trinajstić information content (AvgIpc) is 3.18. The molecule has 116 valence electrons. The maximum absolute atomic E-state index is 12.5. The molecule has 21 heavy (non-hydrogen) atoms. The minimum atomic E-state index is -3.42. The molecule has 2 fully saturated rings. The molecule has 1 aromatic rings. The van der Waals surface area contributed by atoms with Crippen molar-refractivity contribution in [2.75, 3.05) is 20.2 Å². The van der Waals surface area contributed by atoms with Crippen molar-refractivity contribution in [2.24, 2.45) is 5.92 Å². The Hall–Kier alpha value is -0.660. The summed E-state index contributed by atoms with van der Waals surface area (Å²) in [4.78, 5) is 5.45. The molecule has 1 aliphatic carbocycles. The number of nitrogens with zero attached hydrogens (tertiary/aromatic N) is 1. The maximum atomic E-state index is 12.5. The third-order valence-corrected chi connectivity index (χ3v) is 6.04. The van der Waals surface area contributed by atoms with Crippen LogP contribution >= 0.6 is 11.6 Å². The Morgan fingerprint density at radius 2 is 2.19 bits per heavy atom. The van der Waals surface area contributed by atoms with Gasteiger partial charge in [-0.2, -0.15) is 5.06 Å². The fourth-order valence-electron chi connectivity index (χ4n) is 2.63. The van der Waals surface area contributed by atoms with Gasteiger partial charge in [0.05, 0.1) is 12.6 Å². The first-order valence-corrected chi connectivity index (χ1v) is 8.99. The first-order chi connectivity index (χ1) is 9.97. The highest BCUT2D eigenvalue weighted by atomic mass is 35.5. The number of sulfonamides is 1. The van der Waals surface area contributed by atoms with Gasteiger partial charge in [-0.25, -0.2) is 13.1 Å². The van der Waals surface area contributed by atoms with Crippen LogP contribution in [-0.4, -0.2) is 38.9 Å². The molecule has 1 saturated carbocycles. The lowest BCUT2D eigenvalue weighted by Crippen LogP contribution is -2.40. The lowest BCUT2D eigenvalue weighted by molar-refractivity contribution is -0.110. The van der Waals surface area contributed by atoms with Crippen molar-refractivity contribution >= 4 is 21.6 Å². The van der Waals surface area contributed by atoms with Crippen LogP contribution in [0.3, 0.4) is 0 Å². The molecule has 5 nitrogen and oxygen atoms in total. The molecule has 1 N–H and O–H groups in total. The molecule has 0 bridgehead atoms. The molecular formula is C14H19ClN2O3S. The van der Waals surface area contributed by atoms with Gasteiger partial charge < -0.3 is 0 Å². The highest BCUT2D eigenvalue weighted by Crippen LogP contribution is 2.35. The van der Waals surface area contributed by atoms with Crippen molar-refractivity contribution in [1.29, 1.82) is 0 Å². The molecule has 2 unspecified atom stereocenters. The number of benzene rings is 1. The summed E-state index contributed by atoms with van der Waals surface area (Å²) in [6, 6.07) is 6.92. The number of nitrogens with one attached hydrogen (secondary N) is 1. The zero-order chi connectivity index (χ0) is 15.0. The number of halogens is 1. The maximum Gasteiger partial charge on any atom is 0.218 e. The summed E-state index contributed by atoms with van der Waals surface area (Å²) in [7, 11) is -1.67. The molecule has 1 aromatic carbocycles. The Morgan fingerprint density at radius 1 is 1.43 bits per heavy atom. The zero-order valence-electron chi connectivity index (χ0n) is 11.8. The molecule has 0 aromatic heterocycles. The second-order valence-corrected chi connectivity index (χ2v) is 8.14. The minimum absolute atomic E-state index is 0.160. The topological polar surface area (TPSA) is 58.6 Å². The zero-order valence-corrected chi connectivity index (χ0v) is 13.4. The molecule has 0 amide bonds. The number of hydrogen-bond acceptors (Lipinski definition) is 4. The summed E-state index contributed by atoms with van der Waals surface area (Å²) in [5.41, 5.74) is 0.851. The van der Waals surface area contributed by atoms with Gasteiger partial charge in [0.25, 0.3) is 0 Å². The van der Waals surface area contributed by atoms with Crippen molar-refractivity contribution in [3.05, 3.63) is 34.9 Å². The van der Waals surface area contributed by atoms with Crippen molar-refractivity contribution in [3.63, 3.8) is 0 Å². The summed E-state index contributed by atoms with van der Waals surface area (Å²) in [5.74, 6) is 0.504. The SMILES string of the molecule is CN1OCC(S(=O)(=O)NCC2CC2)C1c1cccc(Cl)c1. The smallest absolute Gasteiger partial charge is 0.218 e. The molecular weight excluding hydrogens is 312 g/mol. The molecule has 2 atom stereocenters. The van der Waals surface area contributed by atoms with Crippen LogP contribution in [0.25, 0.3) is 0 Å². The summed E-state index contributed by atoms with van der Waals surface area (Å²) in [5, 5.41) is 1.57. The van der Waals surface area contributed by atoms with Crippen molar-refractivity contribution in [1.82, 2.24) is 9.79 Å². The van der Waals surface area contributed by atoms with E-state index in [1.165, 1.54) is 0 Å². The van der Waals surface area contributed by atoms with Gasteiger partial charge in [0.15, 0.2) is 0 Å². The van der Waals surface area contributed by atoms with Gasteiger partial charge in [0, 0.05) is 18.6 Å². The second kappa shape index (κ2) is 5.85. The molecule has 0 radical (unpaired) electrons. The highest BCUT2D eigenvalue weighted by molar-refractivity contribution is 7.90. The molecule has 2 aliphatic rings. The van der Waals surface area contributed by atoms with E-state index in [9.17, 15) is 8.42 Å². The molecule has 3 rings (SSSR count). The summed E-state index contributed by atoms with van der Waals surface area (Å²) < 4.78 is 27.8. The quantitative estimate of drug-likeness (QED) is 0.896. The van der Waals surface area contributed by atoms with Crippen LogP contribution in [-0.2, 0) is 14.9 Å². The number of hydroxylamine groups is 2. The predicted molar refractivity (Wildman–Crippen MR) is 81.3 cm³/mol. The van der Waals surface area contributed by atoms with Gasteiger partial charge in [-0.15, -0.1) is 0 Å². The van der Waals surface area contributed by atoms with Crippen LogP contribution in [0.1, 0.15) is 24.4 Å². The predicted octanol–water partition coefficient (Wildman–Crippen LogP) is 1.96. The highest BCUT2D eigenvalue weighted by Gasteiger charge is 2.43. The van der Waals surface area contributed by atoms with Gasteiger partial charge in [-0.1, -0.05) is 23.7 Å². The van der Waals surface area contributed by atoms with Gasteiger partial charge in [-0.3, -0.25) is 4.84 Å². The van der Waals surface area contributed by atoms with Crippen molar-refractivity contribution in [2.45, 2.75) is 24.1 Å². The van der Waals surface area contributed by atoms with Crippen LogP contribution in [0.4, 0.5) is 0 Å². The monoisotopic (exact) mass is 330 g/mol. The van der Waals surface area contributed by atoms with E-state index in [0.29, 0.717) is 17.5 Å². The van der Waals surface area contributed by atoms with E-state index < -0.39 is 15.3 Å². The van der Waals surface area contributed by atoms with E-state index >= 15 is 0 Å². The number of rotatable bonds is 5. The van der Waals surface area contributed by atoms with Gasteiger partial charge in [-0.05, 0) is 36.5 Å². The first kappa shape index (κ1) is 15.2. The fourth-order valence-corrected chi connectivity index (χ4v) is 4.42. The van der Waals surface area contributed by atoms with Crippen molar-refractivity contribution < 1.29 is 13.3 Å². The second-order valence-electron chi connectivity index (χ2n) is 5.72. The Labute approximate surface area is 130 Å².